The van der Waals surface area contributed by atoms with Crippen molar-refractivity contribution in [2.24, 2.45) is 5.92 Å². The summed E-state index contributed by atoms with van der Waals surface area (Å²) < 4.78 is 34.1. The third kappa shape index (κ3) is 3.11. The molecule has 0 radical (unpaired) electrons. The summed E-state index contributed by atoms with van der Waals surface area (Å²) in [4.78, 5) is 0.302. The van der Waals surface area contributed by atoms with E-state index in [4.69, 9.17) is 4.74 Å². The van der Waals surface area contributed by atoms with Crippen LogP contribution in [-0.4, -0.2) is 48.8 Å². The lowest BCUT2D eigenvalue weighted by Gasteiger charge is -2.29. The molecule has 1 aromatic rings. The highest BCUT2D eigenvalue weighted by Gasteiger charge is 2.30. The van der Waals surface area contributed by atoms with Gasteiger partial charge in [0.25, 0.3) is 0 Å². The van der Waals surface area contributed by atoms with Gasteiger partial charge in [0.05, 0.1) is 12.2 Å². The van der Waals surface area contributed by atoms with Gasteiger partial charge in [-0.3, -0.25) is 4.68 Å². The zero-order valence-corrected chi connectivity index (χ0v) is 13.5. The van der Waals surface area contributed by atoms with E-state index in [0.717, 1.165) is 25.7 Å². The van der Waals surface area contributed by atoms with Crippen molar-refractivity contribution < 1.29 is 13.2 Å². The van der Waals surface area contributed by atoms with Crippen LogP contribution < -0.4 is 0 Å². The summed E-state index contributed by atoms with van der Waals surface area (Å²) in [7, 11) is -3.43. The van der Waals surface area contributed by atoms with Crippen molar-refractivity contribution in [3.63, 3.8) is 0 Å². The van der Waals surface area contributed by atoms with Crippen LogP contribution in [0.2, 0.25) is 0 Å². The number of allylic oxidation sites excluding steroid dienone is 1. The first-order valence-corrected chi connectivity index (χ1v) is 9.30. The number of piperidine rings is 1. The Morgan fingerprint density at radius 3 is 2.55 bits per heavy atom. The van der Waals surface area contributed by atoms with Gasteiger partial charge in [-0.25, -0.2) is 8.42 Å². The van der Waals surface area contributed by atoms with Gasteiger partial charge >= 0.3 is 0 Å². The monoisotopic (exact) mass is 325 g/mol. The molecule has 3 heterocycles. The summed E-state index contributed by atoms with van der Waals surface area (Å²) in [5, 5.41) is 4.27. The molecule has 0 unspecified atom stereocenters. The lowest BCUT2D eigenvalue weighted by atomic mass is 9.99. The Morgan fingerprint density at radius 2 is 1.91 bits per heavy atom. The summed E-state index contributed by atoms with van der Waals surface area (Å²) in [5.41, 5.74) is 0. The molecule has 0 amide bonds. The molecule has 0 aromatic carbocycles. The van der Waals surface area contributed by atoms with E-state index < -0.39 is 10.0 Å². The molecule has 1 aromatic heterocycles. The van der Waals surface area contributed by atoms with E-state index in [-0.39, 0.29) is 6.04 Å². The lowest BCUT2D eigenvalue weighted by Crippen LogP contribution is -2.37. The van der Waals surface area contributed by atoms with E-state index in [2.05, 4.69) is 11.7 Å². The van der Waals surface area contributed by atoms with Gasteiger partial charge in [0, 0.05) is 32.5 Å². The highest BCUT2D eigenvalue weighted by molar-refractivity contribution is 7.89. The summed E-state index contributed by atoms with van der Waals surface area (Å²) in [6.45, 7) is 6.33. The summed E-state index contributed by atoms with van der Waals surface area (Å²) >= 11 is 0. The number of rotatable bonds is 4. The fraction of sp³-hybridized carbons (Fsp3) is 0.667. The number of hydrogen-bond donors (Lipinski definition) is 0. The van der Waals surface area contributed by atoms with Gasteiger partial charge in [-0.05, 0) is 31.6 Å². The van der Waals surface area contributed by atoms with E-state index in [1.54, 1.807) is 15.2 Å². The van der Waals surface area contributed by atoms with Crippen molar-refractivity contribution in [2.45, 2.75) is 36.6 Å². The SMILES string of the molecule is C=CC1CCN(S(=O)(=O)c2cnn(C3CCOCC3)c2)CC1. The van der Waals surface area contributed by atoms with Crippen molar-refractivity contribution in [3.05, 3.63) is 25.0 Å². The maximum absolute atomic E-state index is 12.7. The van der Waals surface area contributed by atoms with Crippen LogP contribution in [-0.2, 0) is 14.8 Å². The number of nitrogens with zero attached hydrogens (tertiary/aromatic N) is 3. The Hall–Kier alpha value is -1.18. The van der Waals surface area contributed by atoms with Crippen LogP contribution in [0.4, 0.5) is 0 Å². The van der Waals surface area contributed by atoms with Crippen molar-refractivity contribution >= 4 is 10.0 Å². The highest BCUT2D eigenvalue weighted by atomic mass is 32.2. The third-order valence-electron chi connectivity index (χ3n) is 4.61. The minimum absolute atomic E-state index is 0.240. The average molecular weight is 325 g/mol. The number of hydrogen-bond acceptors (Lipinski definition) is 4. The minimum atomic E-state index is -3.43. The van der Waals surface area contributed by atoms with Crippen molar-refractivity contribution in [1.82, 2.24) is 14.1 Å². The first kappa shape index (κ1) is 15.7. The molecule has 2 saturated heterocycles. The molecular weight excluding hydrogens is 302 g/mol. The van der Waals surface area contributed by atoms with Crippen LogP contribution in [0.25, 0.3) is 0 Å². The second-order valence-electron chi connectivity index (χ2n) is 5.98. The smallest absolute Gasteiger partial charge is 0.246 e. The molecule has 2 fully saturated rings. The summed E-state index contributed by atoms with van der Waals surface area (Å²) in [6.07, 6.45) is 8.52. The summed E-state index contributed by atoms with van der Waals surface area (Å²) in [6, 6.07) is 0.240. The van der Waals surface area contributed by atoms with Crippen molar-refractivity contribution in [2.75, 3.05) is 26.3 Å². The molecule has 2 aliphatic heterocycles. The molecule has 122 valence electrons. The van der Waals surface area contributed by atoms with E-state index in [1.807, 2.05) is 6.08 Å². The third-order valence-corrected chi connectivity index (χ3v) is 6.46. The molecule has 7 heteroatoms. The second kappa shape index (κ2) is 6.52. The minimum Gasteiger partial charge on any atom is -0.381 e. The fourth-order valence-electron chi connectivity index (χ4n) is 3.10. The van der Waals surface area contributed by atoms with Crippen LogP contribution in [0.15, 0.2) is 29.9 Å². The van der Waals surface area contributed by atoms with Crippen LogP contribution in [0, 0.1) is 5.92 Å². The Labute approximate surface area is 131 Å². The normalized spacial score (nSPS) is 22.7. The molecule has 0 aliphatic carbocycles. The molecule has 6 nitrogen and oxygen atoms in total. The predicted molar refractivity (Wildman–Crippen MR) is 83.0 cm³/mol. The first-order valence-electron chi connectivity index (χ1n) is 7.86. The van der Waals surface area contributed by atoms with Crippen LogP contribution in [0.3, 0.4) is 0 Å². The Kier molecular flexibility index (Phi) is 4.65. The van der Waals surface area contributed by atoms with E-state index >= 15 is 0 Å². The molecule has 3 rings (SSSR count). The number of sulfonamides is 1. The lowest BCUT2D eigenvalue weighted by molar-refractivity contribution is 0.0662. The molecule has 0 spiro atoms. The Morgan fingerprint density at radius 1 is 1.23 bits per heavy atom. The number of ether oxygens (including phenoxy) is 1. The van der Waals surface area contributed by atoms with Gasteiger partial charge in [-0.15, -0.1) is 6.58 Å². The molecule has 0 atom stereocenters. The van der Waals surface area contributed by atoms with Gasteiger partial charge in [-0.1, -0.05) is 6.08 Å². The second-order valence-corrected chi connectivity index (χ2v) is 7.91. The molecule has 22 heavy (non-hydrogen) atoms. The van der Waals surface area contributed by atoms with E-state index in [1.165, 1.54) is 6.20 Å². The van der Waals surface area contributed by atoms with Crippen molar-refractivity contribution in [3.8, 4) is 0 Å². The molecule has 2 aliphatic rings. The van der Waals surface area contributed by atoms with Gasteiger partial charge in [0.15, 0.2) is 0 Å². The standard InChI is InChI=1S/C15H23N3O3S/c1-2-13-3-7-17(8-4-13)22(19,20)15-11-16-18(12-15)14-5-9-21-10-6-14/h2,11-14H,1,3-10H2. The molecular formula is C15H23N3O3S. The zero-order chi connectivity index (χ0) is 15.6. The fourth-order valence-corrected chi connectivity index (χ4v) is 4.52. The van der Waals surface area contributed by atoms with Crippen LogP contribution >= 0.6 is 0 Å². The highest BCUT2D eigenvalue weighted by Crippen LogP contribution is 2.26. The van der Waals surface area contributed by atoms with E-state index in [0.29, 0.717) is 37.1 Å². The molecule has 0 bridgehead atoms. The topological polar surface area (TPSA) is 64.4 Å². The molecule has 0 saturated carbocycles. The van der Waals surface area contributed by atoms with Crippen molar-refractivity contribution in [1.29, 1.82) is 0 Å². The first-order chi connectivity index (χ1) is 10.6. The van der Waals surface area contributed by atoms with Gasteiger partial charge in [-0.2, -0.15) is 9.40 Å². The maximum atomic E-state index is 12.7. The van der Waals surface area contributed by atoms with Gasteiger partial charge in [0.2, 0.25) is 10.0 Å². The largest absolute Gasteiger partial charge is 0.381 e. The van der Waals surface area contributed by atoms with Gasteiger partial charge < -0.3 is 4.74 Å². The maximum Gasteiger partial charge on any atom is 0.246 e. The predicted octanol–water partition coefficient (Wildman–Crippen LogP) is 1.82. The number of aromatic nitrogens is 2. The van der Waals surface area contributed by atoms with Gasteiger partial charge in [0.1, 0.15) is 4.90 Å². The van der Waals surface area contributed by atoms with Crippen LogP contribution in [0.5, 0.6) is 0 Å². The average Bonchev–Trinajstić information content (AvgIpc) is 3.06. The quantitative estimate of drug-likeness (QED) is 0.792. The summed E-state index contributed by atoms with van der Waals surface area (Å²) in [5.74, 6) is 0.427. The Bertz CT molecular complexity index is 612. The van der Waals surface area contributed by atoms with E-state index in [9.17, 15) is 8.42 Å². The zero-order valence-electron chi connectivity index (χ0n) is 12.7. The van der Waals surface area contributed by atoms with Crippen LogP contribution in [0.1, 0.15) is 31.7 Å². The Balaban J connectivity index is 1.72. The molecule has 0 N–H and O–H groups in total.